The van der Waals surface area contributed by atoms with Crippen LogP contribution in [0.4, 0.5) is 13.2 Å². The molecule has 1 saturated carbocycles. The maximum atomic E-state index is 13.7. The van der Waals surface area contributed by atoms with Gasteiger partial charge in [-0.2, -0.15) is 13.2 Å². The van der Waals surface area contributed by atoms with Crippen molar-refractivity contribution in [2.75, 3.05) is 13.2 Å². The van der Waals surface area contributed by atoms with Crippen molar-refractivity contribution in [1.82, 2.24) is 20.2 Å². The summed E-state index contributed by atoms with van der Waals surface area (Å²) >= 11 is 7.44. The first kappa shape index (κ1) is 26.1. The van der Waals surface area contributed by atoms with E-state index in [9.17, 15) is 27.6 Å². The molecule has 4 unspecified atom stereocenters. The van der Waals surface area contributed by atoms with Crippen LogP contribution in [0.2, 0.25) is 0 Å². The maximum absolute atomic E-state index is 13.7. The van der Waals surface area contributed by atoms with Crippen LogP contribution < -0.4 is 5.32 Å². The van der Waals surface area contributed by atoms with Crippen molar-refractivity contribution in [3.63, 3.8) is 0 Å². The van der Waals surface area contributed by atoms with E-state index >= 15 is 0 Å². The number of hydrogen-bond acceptors (Lipinski definition) is 7. The van der Waals surface area contributed by atoms with Crippen LogP contribution in [-0.2, 0) is 20.5 Å². The molecular weight excluding hydrogens is 533 g/mol. The molecular formula is C24H24ClF3N4O4S. The number of hydrogen-bond donors (Lipinski definition) is 1. The van der Waals surface area contributed by atoms with E-state index in [1.807, 2.05) is 0 Å². The minimum absolute atomic E-state index is 0.0850. The minimum Gasteiger partial charge on any atom is -0.366 e. The van der Waals surface area contributed by atoms with Crippen molar-refractivity contribution in [3.8, 4) is 10.4 Å². The predicted molar refractivity (Wildman–Crippen MR) is 128 cm³/mol. The molecule has 3 fully saturated rings. The lowest BCUT2D eigenvalue weighted by molar-refractivity contribution is -0.145. The van der Waals surface area contributed by atoms with Gasteiger partial charge in [0.05, 0.1) is 10.3 Å². The number of Topliss-reactive ketones (excluding diaryl/α,β-unsaturated/α-hetero) is 1. The molecule has 2 saturated heterocycles. The van der Waals surface area contributed by atoms with Gasteiger partial charge >= 0.3 is 6.18 Å². The summed E-state index contributed by atoms with van der Waals surface area (Å²) in [6.07, 6.45) is 1.40. The number of nitrogens with zero attached hydrogens (tertiary/aromatic N) is 3. The minimum atomic E-state index is -4.65. The quantitative estimate of drug-likeness (QED) is 0.564. The Morgan fingerprint density at radius 2 is 1.86 bits per heavy atom. The first-order chi connectivity index (χ1) is 17.6. The van der Waals surface area contributed by atoms with E-state index in [-0.39, 0.29) is 30.8 Å². The van der Waals surface area contributed by atoms with Crippen molar-refractivity contribution in [2.45, 2.75) is 61.8 Å². The van der Waals surface area contributed by atoms with Gasteiger partial charge in [-0.15, -0.1) is 22.9 Å². The van der Waals surface area contributed by atoms with Crippen LogP contribution in [0.25, 0.3) is 10.4 Å². The number of ether oxygens (including phenoxy) is 1. The lowest BCUT2D eigenvalue weighted by Crippen LogP contribution is -2.55. The average molecular weight is 557 g/mol. The van der Waals surface area contributed by atoms with E-state index in [0.29, 0.717) is 15.3 Å². The van der Waals surface area contributed by atoms with E-state index in [0.717, 1.165) is 55.8 Å². The molecule has 0 radical (unpaired) electrons. The van der Waals surface area contributed by atoms with E-state index in [2.05, 4.69) is 15.3 Å². The van der Waals surface area contributed by atoms with Gasteiger partial charge in [-0.3, -0.25) is 14.4 Å². The largest absolute Gasteiger partial charge is 0.451 e. The first-order valence-electron chi connectivity index (χ1n) is 12.0. The third-order valence-corrected chi connectivity index (χ3v) is 8.62. The highest BCUT2D eigenvalue weighted by molar-refractivity contribution is 7.17. The van der Waals surface area contributed by atoms with E-state index in [1.165, 1.54) is 4.90 Å². The van der Waals surface area contributed by atoms with Gasteiger partial charge in [0.15, 0.2) is 5.78 Å². The number of thiophene rings is 1. The molecule has 1 aliphatic carbocycles. The zero-order valence-electron chi connectivity index (χ0n) is 19.5. The fraction of sp³-hybridized carbons (Fsp3) is 0.542. The summed E-state index contributed by atoms with van der Waals surface area (Å²) in [5.74, 6) is -2.34. The second kappa shape index (κ2) is 10.3. The van der Waals surface area contributed by atoms with Crippen LogP contribution in [0, 0.1) is 5.92 Å². The van der Waals surface area contributed by atoms with Crippen LogP contribution in [0.3, 0.4) is 0 Å². The van der Waals surface area contributed by atoms with Crippen molar-refractivity contribution in [3.05, 3.63) is 35.2 Å². The summed E-state index contributed by atoms with van der Waals surface area (Å²) in [4.78, 5) is 48.4. The Balaban J connectivity index is 1.34. The van der Waals surface area contributed by atoms with Gasteiger partial charge in [-0.25, -0.2) is 9.97 Å². The topological polar surface area (TPSA) is 101 Å². The molecule has 2 aromatic rings. The number of nitrogens with one attached hydrogen (secondary N) is 1. The van der Waals surface area contributed by atoms with Crippen molar-refractivity contribution >= 4 is 40.5 Å². The van der Waals surface area contributed by atoms with Gasteiger partial charge in [0.2, 0.25) is 11.7 Å². The summed E-state index contributed by atoms with van der Waals surface area (Å²) in [7, 11) is 0. The summed E-state index contributed by atoms with van der Waals surface area (Å²) in [5, 5.41) is 2.38. The van der Waals surface area contributed by atoms with Gasteiger partial charge in [0.25, 0.3) is 5.91 Å². The van der Waals surface area contributed by atoms with Crippen LogP contribution in [0.5, 0.6) is 0 Å². The number of halogens is 4. The molecule has 2 aromatic heterocycles. The molecule has 0 aromatic carbocycles. The number of likely N-dealkylation sites (tertiary alicyclic amines) is 1. The Bertz CT molecular complexity index is 1190. The van der Waals surface area contributed by atoms with Crippen molar-refractivity contribution in [1.29, 1.82) is 0 Å². The number of carbonyl (C=O) groups excluding carboxylic acids is 3. The second-order valence-electron chi connectivity index (χ2n) is 9.50. The molecule has 5 rings (SSSR count). The number of rotatable bonds is 5. The number of fused-ring (bicyclic) bond motifs is 1. The molecule has 198 valence electrons. The van der Waals surface area contributed by atoms with Crippen LogP contribution in [-0.4, -0.2) is 69.2 Å². The number of ketones is 1. The Morgan fingerprint density at radius 1 is 1.16 bits per heavy atom. The second-order valence-corrected chi connectivity index (χ2v) is 11.1. The summed E-state index contributed by atoms with van der Waals surface area (Å²) in [5.41, 5.74) is 0.341. The molecule has 3 aliphatic rings. The van der Waals surface area contributed by atoms with Crippen LogP contribution in [0.1, 0.15) is 47.6 Å². The molecule has 0 spiro atoms. The van der Waals surface area contributed by atoms with Gasteiger partial charge in [-0.1, -0.05) is 19.3 Å². The third kappa shape index (κ3) is 5.23. The van der Waals surface area contributed by atoms with Crippen LogP contribution >= 0.6 is 22.9 Å². The zero-order valence-corrected chi connectivity index (χ0v) is 21.1. The van der Waals surface area contributed by atoms with Crippen molar-refractivity contribution in [2.24, 2.45) is 5.92 Å². The number of amides is 2. The summed E-state index contributed by atoms with van der Waals surface area (Å²) in [6.45, 7) is 0.0754. The van der Waals surface area contributed by atoms with Gasteiger partial charge in [0, 0.05) is 29.4 Å². The average Bonchev–Trinajstić information content (AvgIpc) is 3.60. The third-order valence-electron chi connectivity index (χ3n) is 7.10. The monoisotopic (exact) mass is 556 g/mol. The fourth-order valence-corrected chi connectivity index (χ4v) is 6.52. The number of aromatic nitrogens is 2. The van der Waals surface area contributed by atoms with E-state index in [1.54, 1.807) is 12.1 Å². The summed E-state index contributed by atoms with van der Waals surface area (Å²) in [6, 6.07) is 1.57. The molecule has 37 heavy (non-hydrogen) atoms. The SMILES string of the molecule is O=C(NC(C(=O)N1CC(Cl)C2OCC(=O)C21)C1CCCCC1)c1ccc(-c2cnc(C(F)(F)F)nc2)s1. The number of alkyl halides is 4. The normalized spacial score (nSPS) is 25.2. The Kier molecular flexibility index (Phi) is 7.25. The lowest BCUT2D eigenvalue weighted by Gasteiger charge is -2.34. The molecule has 13 heteroatoms. The Labute approximate surface area is 219 Å². The molecule has 8 nitrogen and oxygen atoms in total. The van der Waals surface area contributed by atoms with Gasteiger partial charge in [0.1, 0.15) is 24.8 Å². The standard InChI is InChI=1S/C24H24ClF3N4O4S/c25-14-10-32(19-15(33)11-36-20(14)19)22(35)18(12-4-2-1-3-5-12)31-21(34)17-7-6-16(37-17)13-8-29-23(30-9-13)24(26,27)28/h6-9,12,14,18-20H,1-5,10-11H2,(H,31,34). The highest BCUT2D eigenvalue weighted by atomic mass is 35.5. The molecule has 0 bridgehead atoms. The molecule has 4 heterocycles. The van der Waals surface area contributed by atoms with Gasteiger partial charge < -0.3 is 15.0 Å². The lowest BCUT2D eigenvalue weighted by atomic mass is 9.83. The zero-order chi connectivity index (χ0) is 26.3. The smallest absolute Gasteiger partial charge is 0.366 e. The summed E-state index contributed by atoms with van der Waals surface area (Å²) < 4.78 is 43.8. The van der Waals surface area contributed by atoms with E-state index < -0.39 is 41.5 Å². The van der Waals surface area contributed by atoms with Gasteiger partial charge in [-0.05, 0) is 30.9 Å². The molecule has 2 aliphatic heterocycles. The molecule has 1 N–H and O–H groups in total. The Morgan fingerprint density at radius 3 is 2.54 bits per heavy atom. The first-order valence-corrected chi connectivity index (χ1v) is 13.3. The molecule has 4 atom stereocenters. The highest BCUT2D eigenvalue weighted by Crippen LogP contribution is 2.35. The number of carbonyl (C=O) groups is 3. The predicted octanol–water partition coefficient (Wildman–Crippen LogP) is 3.69. The molecule has 2 amide bonds. The van der Waals surface area contributed by atoms with Crippen molar-refractivity contribution < 1.29 is 32.3 Å². The van der Waals surface area contributed by atoms with E-state index in [4.69, 9.17) is 16.3 Å². The highest BCUT2D eigenvalue weighted by Gasteiger charge is 2.53. The maximum Gasteiger partial charge on any atom is 0.451 e. The fourth-order valence-electron chi connectivity index (χ4n) is 5.28. The Hall–Kier alpha value is -2.57. The van der Waals surface area contributed by atoms with Crippen LogP contribution in [0.15, 0.2) is 24.5 Å².